The van der Waals surface area contributed by atoms with Gasteiger partial charge in [0.25, 0.3) is 0 Å². The molecule has 0 heterocycles. The van der Waals surface area contributed by atoms with Gasteiger partial charge in [-0.15, -0.1) is 11.8 Å². The number of hydrogen-bond acceptors (Lipinski definition) is 3. The van der Waals surface area contributed by atoms with Crippen molar-refractivity contribution in [2.75, 3.05) is 25.4 Å². The zero-order valence-electron chi connectivity index (χ0n) is 11.0. The van der Waals surface area contributed by atoms with Gasteiger partial charge in [-0.2, -0.15) is 0 Å². The van der Waals surface area contributed by atoms with E-state index >= 15 is 0 Å². The zero-order chi connectivity index (χ0) is 13.4. The fraction of sp³-hybridized carbons (Fsp3) is 0.500. The number of carboxylic acids is 1. The lowest BCUT2D eigenvalue weighted by Crippen LogP contribution is -2.33. The molecule has 1 aromatic rings. The molecule has 0 bridgehead atoms. The molecule has 1 atom stereocenters. The molecule has 4 heteroatoms. The summed E-state index contributed by atoms with van der Waals surface area (Å²) in [7, 11) is 0. The van der Waals surface area contributed by atoms with Crippen LogP contribution in [-0.4, -0.2) is 41.4 Å². The molecule has 0 aliphatic heterocycles. The number of nitrogens with zero attached hydrogens (tertiary/aromatic N) is 1. The van der Waals surface area contributed by atoms with Gasteiger partial charge in [-0.1, -0.05) is 32.0 Å². The summed E-state index contributed by atoms with van der Waals surface area (Å²) in [5.41, 5.74) is 0. The maximum atomic E-state index is 10.8. The fourth-order valence-corrected chi connectivity index (χ4v) is 2.59. The predicted molar refractivity (Wildman–Crippen MR) is 76.1 cm³/mol. The maximum Gasteiger partial charge on any atom is 0.307 e. The van der Waals surface area contributed by atoms with E-state index < -0.39 is 5.97 Å². The number of hydrogen-bond donors (Lipinski definition) is 1. The molecule has 1 rings (SSSR count). The normalized spacial score (nSPS) is 12.6. The summed E-state index contributed by atoms with van der Waals surface area (Å²) < 4.78 is 0. The molecule has 0 fully saturated rings. The summed E-state index contributed by atoms with van der Waals surface area (Å²) in [6.45, 7) is 6.28. The monoisotopic (exact) mass is 267 g/mol. The Labute approximate surface area is 113 Å². The van der Waals surface area contributed by atoms with E-state index in [0.29, 0.717) is 6.54 Å². The Morgan fingerprint density at radius 3 is 2.61 bits per heavy atom. The van der Waals surface area contributed by atoms with Crippen molar-refractivity contribution >= 4 is 17.7 Å². The van der Waals surface area contributed by atoms with Gasteiger partial charge in [-0.3, -0.25) is 4.79 Å². The van der Waals surface area contributed by atoms with Crippen LogP contribution in [0.4, 0.5) is 0 Å². The van der Waals surface area contributed by atoms with E-state index in [4.69, 9.17) is 5.11 Å². The Morgan fingerprint density at radius 1 is 1.39 bits per heavy atom. The Bertz CT molecular complexity index is 356. The van der Waals surface area contributed by atoms with E-state index in [1.54, 1.807) is 6.92 Å². The molecule has 100 valence electrons. The summed E-state index contributed by atoms with van der Waals surface area (Å²) in [5, 5.41) is 8.90. The lowest BCUT2D eigenvalue weighted by atomic mass is 10.2. The van der Waals surface area contributed by atoms with Crippen LogP contribution in [0.25, 0.3) is 0 Å². The van der Waals surface area contributed by atoms with Gasteiger partial charge in [-0.25, -0.2) is 0 Å². The molecule has 0 saturated heterocycles. The molecule has 0 aliphatic rings. The molecule has 0 spiro atoms. The first-order valence-corrected chi connectivity index (χ1v) is 7.25. The molecule has 1 unspecified atom stereocenters. The van der Waals surface area contributed by atoms with E-state index in [1.165, 1.54) is 4.90 Å². The summed E-state index contributed by atoms with van der Waals surface area (Å²) in [6.07, 6.45) is 0. The van der Waals surface area contributed by atoms with E-state index in [9.17, 15) is 4.79 Å². The summed E-state index contributed by atoms with van der Waals surface area (Å²) >= 11 is 1.81. The van der Waals surface area contributed by atoms with Crippen molar-refractivity contribution in [3.05, 3.63) is 30.3 Å². The number of aliphatic carboxylic acids is 1. The first-order valence-electron chi connectivity index (χ1n) is 6.26. The second kappa shape index (κ2) is 8.16. The standard InChI is InChI=1S/C14H21NO2S/c1-3-15(11-12(2)14(16)17)9-10-18-13-7-5-4-6-8-13/h4-8,12H,3,9-11H2,1-2H3,(H,16,17). The Morgan fingerprint density at radius 2 is 2.06 bits per heavy atom. The van der Waals surface area contributed by atoms with Crippen LogP contribution in [0, 0.1) is 5.92 Å². The molecule has 0 saturated carbocycles. The van der Waals surface area contributed by atoms with E-state index in [-0.39, 0.29) is 5.92 Å². The minimum atomic E-state index is -0.718. The van der Waals surface area contributed by atoms with Gasteiger partial charge < -0.3 is 10.0 Å². The van der Waals surface area contributed by atoms with E-state index in [1.807, 2.05) is 30.0 Å². The SMILES string of the molecule is CCN(CCSc1ccccc1)CC(C)C(=O)O. The third-order valence-electron chi connectivity index (χ3n) is 2.82. The summed E-state index contributed by atoms with van der Waals surface area (Å²) in [6, 6.07) is 10.3. The van der Waals surface area contributed by atoms with Crippen molar-refractivity contribution in [3.63, 3.8) is 0 Å². The van der Waals surface area contributed by atoms with Crippen molar-refractivity contribution in [1.29, 1.82) is 0 Å². The first-order chi connectivity index (χ1) is 8.63. The number of carboxylic acid groups (broad SMARTS) is 1. The second-order valence-electron chi connectivity index (χ2n) is 4.29. The van der Waals surface area contributed by atoms with E-state index in [0.717, 1.165) is 18.8 Å². The maximum absolute atomic E-state index is 10.8. The van der Waals surface area contributed by atoms with Crippen molar-refractivity contribution in [1.82, 2.24) is 4.90 Å². The molecule has 0 radical (unpaired) electrons. The average Bonchev–Trinajstić information content (AvgIpc) is 2.38. The topological polar surface area (TPSA) is 40.5 Å². The third-order valence-corrected chi connectivity index (χ3v) is 3.81. The van der Waals surface area contributed by atoms with Crippen LogP contribution in [0.3, 0.4) is 0 Å². The number of benzene rings is 1. The van der Waals surface area contributed by atoms with Crippen molar-refractivity contribution in [2.45, 2.75) is 18.7 Å². The van der Waals surface area contributed by atoms with Crippen LogP contribution in [0.15, 0.2) is 35.2 Å². The minimum absolute atomic E-state index is 0.299. The van der Waals surface area contributed by atoms with Crippen LogP contribution in [-0.2, 0) is 4.79 Å². The highest BCUT2D eigenvalue weighted by molar-refractivity contribution is 7.99. The molecule has 3 nitrogen and oxygen atoms in total. The highest BCUT2D eigenvalue weighted by Gasteiger charge is 2.14. The predicted octanol–water partition coefficient (Wildman–Crippen LogP) is 2.82. The van der Waals surface area contributed by atoms with Crippen molar-refractivity contribution < 1.29 is 9.90 Å². The Kier molecular flexibility index (Phi) is 6.83. The van der Waals surface area contributed by atoms with Gasteiger partial charge in [0.05, 0.1) is 5.92 Å². The molecular weight excluding hydrogens is 246 g/mol. The van der Waals surface area contributed by atoms with Gasteiger partial charge in [0.1, 0.15) is 0 Å². The third kappa shape index (κ3) is 5.56. The van der Waals surface area contributed by atoms with Crippen LogP contribution < -0.4 is 0 Å². The molecule has 1 N–H and O–H groups in total. The first kappa shape index (κ1) is 15.1. The van der Waals surface area contributed by atoms with E-state index in [2.05, 4.69) is 24.0 Å². The summed E-state index contributed by atoms with van der Waals surface area (Å²) in [5.74, 6) is -0.0275. The average molecular weight is 267 g/mol. The lowest BCUT2D eigenvalue weighted by molar-refractivity contribution is -0.141. The highest BCUT2D eigenvalue weighted by Crippen LogP contribution is 2.16. The molecule has 18 heavy (non-hydrogen) atoms. The molecule has 0 aliphatic carbocycles. The van der Waals surface area contributed by atoms with Gasteiger partial charge in [-0.05, 0) is 18.7 Å². The van der Waals surface area contributed by atoms with Gasteiger partial charge in [0, 0.05) is 23.7 Å². The van der Waals surface area contributed by atoms with Gasteiger partial charge in [0.15, 0.2) is 0 Å². The molecule has 0 amide bonds. The van der Waals surface area contributed by atoms with Crippen LogP contribution in [0.1, 0.15) is 13.8 Å². The minimum Gasteiger partial charge on any atom is -0.481 e. The Balaban J connectivity index is 2.29. The largest absolute Gasteiger partial charge is 0.481 e. The number of thioether (sulfide) groups is 1. The highest BCUT2D eigenvalue weighted by atomic mass is 32.2. The summed E-state index contributed by atoms with van der Waals surface area (Å²) in [4.78, 5) is 14.3. The molecule has 0 aromatic heterocycles. The second-order valence-corrected chi connectivity index (χ2v) is 5.46. The lowest BCUT2D eigenvalue weighted by Gasteiger charge is -2.22. The Hall–Kier alpha value is -1.00. The smallest absolute Gasteiger partial charge is 0.307 e. The number of rotatable bonds is 8. The molecule has 1 aromatic carbocycles. The van der Waals surface area contributed by atoms with Crippen molar-refractivity contribution in [2.24, 2.45) is 5.92 Å². The van der Waals surface area contributed by atoms with Gasteiger partial charge >= 0.3 is 5.97 Å². The van der Waals surface area contributed by atoms with Crippen LogP contribution >= 0.6 is 11.8 Å². The zero-order valence-corrected chi connectivity index (χ0v) is 11.8. The fourth-order valence-electron chi connectivity index (χ4n) is 1.65. The van der Waals surface area contributed by atoms with Crippen LogP contribution in [0.5, 0.6) is 0 Å². The van der Waals surface area contributed by atoms with Crippen molar-refractivity contribution in [3.8, 4) is 0 Å². The van der Waals surface area contributed by atoms with Crippen LogP contribution in [0.2, 0.25) is 0 Å². The quantitative estimate of drug-likeness (QED) is 0.735. The molecular formula is C14H21NO2S. The number of carbonyl (C=O) groups is 1. The van der Waals surface area contributed by atoms with Gasteiger partial charge in [0.2, 0.25) is 0 Å².